The minimum Gasteiger partial charge on any atom is -0.356 e. The molecule has 1 aromatic rings. The van der Waals surface area contributed by atoms with Crippen LogP contribution in [0.2, 0.25) is 0 Å². The molecular formula is C17H23N3O3. The first kappa shape index (κ1) is 17.1. The van der Waals surface area contributed by atoms with Crippen molar-refractivity contribution < 1.29 is 14.4 Å². The zero-order chi connectivity index (χ0) is 16.8. The van der Waals surface area contributed by atoms with Crippen molar-refractivity contribution >= 4 is 17.7 Å². The van der Waals surface area contributed by atoms with E-state index in [2.05, 4.69) is 5.32 Å². The molecular weight excluding hydrogens is 294 g/mol. The Morgan fingerprint density at radius 1 is 1.17 bits per heavy atom. The highest BCUT2D eigenvalue weighted by Crippen LogP contribution is 2.22. The average Bonchev–Trinajstić information content (AvgIpc) is 2.77. The highest BCUT2D eigenvalue weighted by molar-refractivity contribution is 6.21. The quantitative estimate of drug-likeness (QED) is 0.558. The van der Waals surface area contributed by atoms with E-state index in [0.29, 0.717) is 43.5 Å². The van der Waals surface area contributed by atoms with Gasteiger partial charge in [0.05, 0.1) is 11.1 Å². The molecule has 0 saturated carbocycles. The molecule has 0 spiro atoms. The summed E-state index contributed by atoms with van der Waals surface area (Å²) < 4.78 is 0. The molecule has 1 heterocycles. The van der Waals surface area contributed by atoms with Crippen molar-refractivity contribution in [1.82, 2.24) is 10.2 Å². The maximum atomic E-state index is 12.2. The Hall–Kier alpha value is -2.21. The molecule has 3 N–H and O–H groups in total. The molecule has 6 heteroatoms. The Labute approximate surface area is 136 Å². The van der Waals surface area contributed by atoms with E-state index in [9.17, 15) is 14.4 Å². The van der Waals surface area contributed by atoms with Crippen LogP contribution in [0.5, 0.6) is 0 Å². The second kappa shape index (κ2) is 7.87. The highest BCUT2D eigenvalue weighted by atomic mass is 16.2. The van der Waals surface area contributed by atoms with E-state index in [1.807, 2.05) is 6.92 Å². The Morgan fingerprint density at radius 3 is 2.35 bits per heavy atom. The largest absolute Gasteiger partial charge is 0.356 e. The van der Waals surface area contributed by atoms with Gasteiger partial charge in [0.15, 0.2) is 0 Å². The first-order chi connectivity index (χ1) is 11.0. The third-order valence-electron chi connectivity index (χ3n) is 3.84. The zero-order valence-corrected chi connectivity index (χ0v) is 13.4. The van der Waals surface area contributed by atoms with Crippen molar-refractivity contribution in [2.24, 2.45) is 5.73 Å². The summed E-state index contributed by atoms with van der Waals surface area (Å²) in [7, 11) is 0. The van der Waals surface area contributed by atoms with Crippen molar-refractivity contribution in [2.45, 2.75) is 38.6 Å². The molecule has 6 nitrogen and oxygen atoms in total. The lowest BCUT2D eigenvalue weighted by molar-refractivity contribution is -0.121. The molecule has 23 heavy (non-hydrogen) atoms. The number of hydrogen-bond donors (Lipinski definition) is 2. The minimum atomic E-state index is -0.230. The molecule has 1 aliphatic rings. The van der Waals surface area contributed by atoms with Crippen LogP contribution >= 0.6 is 0 Å². The molecule has 0 aromatic heterocycles. The first-order valence-electron chi connectivity index (χ1n) is 7.98. The van der Waals surface area contributed by atoms with E-state index in [4.69, 9.17) is 5.73 Å². The summed E-state index contributed by atoms with van der Waals surface area (Å²) in [6.07, 6.45) is 2.48. The van der Waals surface area contributed by atoms with Gasteiger partial charge in [-0.25, -0.2) is 0 Å². The van der Waals surface area contributed by atoms with Crippen LogP contribution in [-0.2, 0) is 4.79 Å². The van der Waals surface area contributed by atoms with Gasteiger partial charge in [0.1, 0.15) is 0 Å². The van der Waals surface area contributed by atoms with Gasteiger partial charge >= 0.3 is 0 Å². The van der Waals surface area contributed by atoms with E-state index >= 15 is 0 Å². The van der Waals surface area contributed by atoms with Crippen LogP contribution in [0.25, 0.3) is 0 Å². The number of benzene rings is 1. The van der Waals surface area contributed by atoms with Gasteiger partial charge in [-0.3, -0.25) is 19.3 Å². The molecule has 124 valence electrons. The fourth-order valence-electron chi connectivity index (χ4n) is 2.51. The topological polar surface area (TPSA) is 92.5 Å². The molecule has 0 saturated heterocycles. The molecule has 1 unspecified atom stereocenters. The lowest BCUT2D eigenvalue weighted by Crippen LogP contribution is -2.31. The number of nitrogens with zero attached hydrogens (tertiary/aromatic N) is 1. The van der Waals surface area contributed by atoms with Crippen molar-refractivity contribution in [3.63, 3.8) is 0 Å². The molecule has 0 radical (unpaired) electrons. The van der Waals surface area contributed by atoms with Crippen LogP contribution in [0.3, 0.4) is 0 Å². The molecule has 0 fully saturated rings. The molecule has 3 amide bonds. The zero-order valence-electron chi connectivity index (χ0n) is 13.4. The van der Waals surface area contributed by atoms with Gasteiger partial charge in [0, 0.05) is 25.6 Å². The number of hydrogen-bond acceptors (Lipinski definition) is 4. The summed E-state index contributed by atoms with van der Waals surface area (Å²) in [5.74, 6) is -0.471. The fraction of sp³-hybridized carbons (Fsp3) is 0.471. The van der Waals surface area contributed by atoms with E-state index in [0.717, 1.165) is 6.42 Å². The molecule has 1 aliphatic heterocycles. The van der Waals surface area contributed by atoms with Crippen molar-refractivity contribution in [2.75, 3.05) is 13.1 Å². The predicted octanol–water partition coefficient (Wildman–Crippen LogP) is 1.31. The van der Waals surface area contributed by atoms with Crippen molar-refractivity contribution in [3.8, 4) is 0 Å². The Balaban J connectivity index is 1.69. The number of carbonyl (C=O) groups excluding carboxylic acids is 3. The monoisotopic (exact) mass is 317 g/mol. The number of fused-ring (bicyclic) bond motifs is 1. The summed E-state index contributed by atoms with van der Waals surface area (Å²) >= 11 is 0. The molecule has 1 atom stereocenters. The van der Waals surface area contributed by atoms with Gasteiger partial charge in [-0.1, -0.05) is 12.1 Å². The van der Waals surface area contributed by atoms with E-state index in [1.54, 1.807) is 24.3 Å². The summed E-state index contributed by atoms with van der Waals surface area (Å²) in [4.78, 5) is 37.1. The Bertz CT molecular complexity index is 564. The summed E-state index contributed by atoms with van der Waals surface area (Å²) in [5, 5.41) is 2.82. The van der Waals surface area contributed by atoms with Gasteiger partial charge in [0.25, 0.3) is 11.8 Å². The van der Waals surface area contributed by atoms with Crippen LogP contribution in [0.4, 0.5) is 0 Å². The number of amides is 3. The number of imide groups is 1. The highest BCUT2D eigenvalue weighted by Gasteiger charge is 2.34. The van der Waals surface area contributed by atoms with E-state index in [1.165, 1.54) is 4.90 Å². The van der Waals surface area contributed by atoms with E-state index in [-0.39, 0.29) is 23.8 Å². The van der Waals surface area contributed by atoms with Crippen LogP contribution in [0.1, 0.15) is 53.3 Å². The average molecular weight is 317 g/mol. The molecule has 0 bridgehead atoms. The summed E-state index contributed by atoms with van der Waals surface area (Å²) in [6, 6.07) is 6.88. The smallest absolute Gasteiger partial charge is 0.261 e. The van der Waals surface area contributed by atoms with Crippen LogP contribution in [0.15, 0.2) is 24.3 Å². The lowest BCUT2D eigenvalue weighted by Gasteiger charge is -2.13. The second-order valence-electron chi connectivity index (χ2n) is 5.88. The van der Waals surface area contributed by atoms with Gasteiger partial charge in [-0.05, 0) is 38.3 Å². The number of unbranched alkanes of at least 4 members (excludes halogenated alkanes) is 1. The predicted molar refractivity (Wildman–Crippen MR) is 86.9 cm³/mol. The van der Waals surface area contributed by atoms with Crippen LogP contribution in [-0.4, -0.2) is 41.8 Å². The normalized spacial score (nSPS) is 14.8. The molecule has 2 rings (SSSR count). The Morgan fingerprint density at radius 2 is 1.78 bits per heavy atom. The standard InChI is InChI=1S/C17H23N3O3/c1-12(18)8-9-15(21)19-10-4-5-11-20-16(22)13-6-2-3-7-14(13)17(20)23/h2-3,6-7,12H,4-5,8-11,18H2,1H3,(H,19,21). The third kappa shape index (κ3) is 4.39. The minimum absolute atomic E-state index is 0.0111. The second-order valence-corrected chi connectivity index (χ2v) is 5.88. The number of carbonyl (C=O) groups is 3. The van der Waals surface area contributed by atoms with Gasteiger partial charge in [0.2, 0.25) is 5.91 Å². The van der Waals surface area contributed by atoms with Crippen LogP contribution in [0, 0.1) is 0 Å². The molecule has 1 aromatic carbocycles. The maximum absolute atomic E-state index is 12.2. The Kier molecular flexibility index (Phi) is 5.87. The van der Waals surface area contributed by atoms with Gasteiger partial charge in [-0.15, -0.1) is 0 Å². The lowest BCUT2D eigenvalue weighted by atomic mass is 10.1. The number of nitrogens with two attached hydrogens (primary N) is 1. The number of nitrogens with one attached hydrogen (secondary N) is 1. The van der Waals surface area contributed by atoms with Crippen molar-refractivity contribution in [3.05, 3.63) is 35.4 Å². The van der Waals surface area contributed by atoms with Gasteiger partial charge < -0.3 is 11.1 Å². The fourth-order valence-corrected chi connectivity index (χ4v) is 2.51. The summed E-state index contributed by atoms with van der Waals surface area (Å²) in [5.41, 5.74) is 6.55. The van der Waals surface area contributed by atoms with Crippen LogP contribution < -0.4 is 11.1 Å². The van der Waals surface area contributed by atoms with Crippen molar-refractivity contribution in [1.29, 1.82) is 0 Å². The SMILES string of the molecule is CC(N)CCC(=O)NCCCCN1C(=O)c2ccccc2C1=O. The first-order valence-corrected chi connectivity index (χ1v) is 7.98. The van der Waals surface area contributed by atoms with E-state index < -0.39 is 0 Å². The maximum Gasteiger partial charge on any atom is 0.261 e. The molecule has 0 aliphatic carbocycles. The third-order valence-corrected chi connectivity index (χ3v) is 3.84. The summed E-state index contributed by atoms with van der Waals surface area (Å²) in [6.45, 7) is 2.79. The number of rotatable bonds is 8. The van der Waals surface area contributed by atoms with Gasteiger partial charge in [-0.2, -0.15) is 0 Å².